The van der Waals surface area contributed by atoms with Gasteiger partial charge in [0.15, 0.2) is 0 Å². The molecule has 24 heavy (non-hydrogen) atoms. The van der Waals surface area contributed by atoms with Gasteiger partial charge in [-0.25, -0.2) is 0 Å². The minimum atomic E-state index is -0.318. The normalized spacial score (nSPS) is 15.9. The van der Waals surface area contributed by atoms with Crippen LogP contribution >= 0.6 is 43.6 Å². The Morgan fingerprint density at radius 2 is 2.00 bits per heavy atom. The number of terminal acetylenes is 1. The minimum Gasteiger partial charge on any atom is -0.479 e. The fourth-order valence-corrected chi connectivity index (χ4v) is 4.26. The molecule has 0 aliphatic carbocycles. The summed E-state index contributed by atoms with van der Waals surface area (Å²) in [6.45, 7) is 0.698. The smallest absolute Gasteiger partial charge is 0.293 e. The van der Waals surface area contributed by atoms with Crippen molar-refractivity contribution in [3.63, 3.8) is 0 Å². The quantitative estimate of drug-likeness (QED) is 0.462. The van der Waals surface area contributed by atoms with Crippen LogP contribution in [0.25, 0.3) is 6.08 Å². The van der Waals surface area contributed by atoms with Gasteiger partial charge in [0.1, 0.15) is 12.4 Å². The van der Waals surface area contributed by atoms with E-state index < -0.39 is 0 Å². The zero-order chi connectivity index (χ0) is 17.7. The molecule has 5 nitrogen and oxygen atoms in total. The molecule has 126 valence electrons. The number of nitrogens with zero attached hydrogens (tertiary/aromatic N) is 1. The highest BCUT2D eigenvalue weighted by Gasteiger charge is 2.34. The highest BCUT2D eigenvalue weighted by atomic mass is 79.9. The van der Waals surface area contributed by atoms with Crippen LogP contribution in [0.2, 0.25) is 0 Å². The molecule has 1 aromatic carbocycles. The lowest BCUT2D eigenvalue weighted by molar-refractivity contribution is -0.123. The molecule has 0 unspecified atom stereocenters. The fraction of sp³-hybridized carbons (Fsp3) is 0.250. The van der Waals surface area contributed by atoms with Crippen molar-refractivity contribution in [2.45, 2.75) is 0 Å². The van der Waals surface area contributed by atoms with Crippen LogP contribution in [0.15, 0.2) is 26.0 Å². The molecule has 0 atom stereocenters. The van der Waals surface area contributed by atoms with E-state index in [1.54, 1.807) is 18.2 Å². The molecule has 1 aromatic rings. The van der Waals surface area contributed by atoms with E-state index in [4.69, 9.17) is 15.9 Å². The predicted molar refractivity (Wildman–Crippen MR) is 101 cm³/mol. The van der Waals surface area contributed by atoms with Crippen molar-refractivity contribution in [1.29, 1.82) is 0 Å². The molecule has 8 heteroatoms. The second kappa shape index (κ2) is 8.72. The van der Waals surface area contributed by atoms with E-state index in [0.29, 0.717) is 26.2 Å². The van der Waals surface area contributed by atoms with E-state index in [2.05, 4.69) is 37.8 Å². The molecular weight excluding hydrogens is 462 g/mol. The van der Waals surface area contributed by atoms with E-state index in [9.17, 15) is 9.59 Å². The third-order valence-electron chi connectivity index (χ3n) is 3.01. The van der Waals surface area contributed by atoms with Crippen LogP contribution < -0.4 is 4.74 Å². The lowest BCUT2D eigenvalue weighted by Gasteiger charge is -2.11. The van der Waals surface area contributed by atoms with Crippen molar-refractivity contribution >= 4 is 60.8 Å². The van der Waals surface area contributed by atoms with E-state index in [0.717, 1.165) is 17.3 Å². The van der Waals surface area contributed by atoms with Crippen LogP contribution in [0, 0.1) is 12.3 Å². The summed E-state index contributed by atoms with van der Waals surface area (Å²) in [4.78, 5) is 25.7. The molecule has 1 aliphatic heterocycles. The summed E-state index contributed by atoms with van der Waals surface area (Å²) >= 11 is 7.74. The molecule has 0 aromatic heterocycles. The first kappa shape index (κ1) is 19.1. The van der Waals surface area contributed by atoms with Crippen LogP contribution in [0.3, 0.4) is 0 Å². The van der Waals surface area contributed by atoms with E-state index in [-0.39, 0.29) is 24.3 Å². The molecule has 0 saturated carbocycles. The van der Waals surface area contributed by atoms with Crippen molar-refractivity contribution in [3.8, 4) is 18.1 Å². The highest BCUT2D eigenvalue weighted by molar-refractivity contribution is 9.11. The zero-order valence-corrected chi connectivity index (χ0v) is 16.7. The second-order valence-electron chi connectivity index (χ2n) is 4.63. The zero-order valence-electron chi connectivity index (χ0n) is 12.7. The molecule has 1 fully saturated rings. The largest absolute Gasteiger partial charge is 0.479 e. The van der Waals surface area contributed by atoms with Gasteiger partial charge in [-0.15, -0.1) is 6.42 Å². The summed E-state index contributed by atoms with van der Waals surface area (Å²) in [5.41, 5.74) is 0.749. The van der Waals surface area contributed by atoms with Gasteiger partial charge in [0.2, 0.25) is 0 Å². The van der Waals surface area contributed by atoms with Crippen molar-refractivity contribution in [1.82, 2.24) is 4.90 Å². The van der Waals surface area contributed by atoms with E-state index in [1.165, 1.54) is 12.0 Å². The molecule has 0 spiro atoms. The lowest BCUT2D eigenvalue weighted by Crippen LogP contribution is -2.31. The van der Waals surface area contributed by atoms with Gasteiger partial charge in [-0.05, 0) is 67.4 Å². The number of imide groups is 1. The van der Waals surface area contributed by atoms with Crippen molar-refractivity contribution in [2.24, 2.45) is 0 Å². The molecule has 0 radical (unpaired) electrons. The maximum absolute atomic E-state index is 12.3. The second-order valence-corrected chi connectivity index (χ2v) is 7.33. The molecule has 0 N–H and O–H groups in total. The first-order chi connectivity index (χ1) is 11.5. The Kier molecular flexibility index (Phi) is 6.92. The number of carbonyl (C=O) groups is 2. The number of benzene rings is 1. The maximum atomic E-state index is 12.3. The standard InChI is InChI=1S/C16H13Br2NO4S/c1-3-5-23-14-11(17)7-10(8-12(14)18)9-13-15(20)19(4-6-22-2)16(21)24-13/h1,7-9H,4-6H2,2H3/b13-9+. The summed E-state index contributed by atoms with van der Waals surface area (Å²) in [6.07, 6.45) is 6.86. The summed E-state index contributed by atoms with van der Waals surface area (Å²) in [5, 5.41) is -0.296. The number of thioether (sulfide) groups is 1. The van der Waals surface area contributed by atoms with Gasteiger partial charge in [0, 0.05) is 7.11 Å². The van der Waals surface area contributed by atoms with Crippen LogP contribution in [-0.2, 0) is 9.53 Å². The summed E-state index contributed by atoms with van der Waals surface area (Å²) in [6, 6.07) is 3.58. The topological polar surface area (TPSA) is 55.8 Å². The van der Waals surface area contributed by atoms with Gasteiger partial charge in [-0.3, -0.25) is 14.5 Å². The molecule has 1 heterocycles. The van der Waals surface area contributed by atoms with Gasteiger partial charge in [0.05, 0.1) is 27.0 Å². The number of methoxy groups -OCH3 is 1. The SMILES string of the molecule is C#CCOc1c(Br)cc(/C=C2/SC(=O)N(CCOC)C2=O)cc1Br. The number of amides is 2. The molecular formula is C16H13Br2NO4S. The Hall–Kier alpha value is -1.27. The Labute approximate surface area is 161 Å². The van der Waals surface area contributed by atoms with Gasteiger partial charge >= 0.3 is 0 Å². The Morgan fingerprint density at radius 1 is 1.33 bits per heavy atom. The fourth-order valence-electron chi connectivity index (χ4n) is 1.94. The lowest BCUT2D eigenvalue weighted by atomic mass is 10.2. The number of halogens is 2. The Morgan fingerprint density at radius 3 is 2.58 bits per heavy atom. The number of ether oxygens (including phenoxy) is 2. The minimum absolute atomic E-state index is 0.148. The monoisotopic (exact) mass is 473 g/mol. The van der Waals surface area contributed by atoms with Crippen molar-refractivity contribution < 1.29 is 19.1 Å². The van der Waals surface area contributed by atoms with Crippen LogP contribution in [0.1, 0.15) is 5.56 Å². The maximum Gasteiger partial charge on any atom is 0.293 e. The molecule has 1 saturated heterocycles. The molecule has 2 amide bonds. The predicted octanol–water partition coefficient (Wildman–Crippen LogP) is 3.91. The Balaban J connectivity index is 2.24. The summed E-state index contributed by atoms with van der Waals surface area (Å²) < 4.78 is 11.7. The van der Waals surface area contributed by atoms with Crippen LogP contribution in [0.4, 0.5) is 4.79 Å². The van der Waals surface area contributed by atoms with Crippen molar-refractivity contribution in [3.05, 3.63) is 31.5 Å². The molecule has 2 rings (SSSR count). The van der Waals surface area contributed by atoms with Crippen molar-refractivity contribution in [2.75, 3.05) is 26.9 Å². The number of carbonyl (C=O) groups excluding carboxylic acids is 2. The Bertz CT molecular complexity index is 719. The third-order valence-corrected chi connectivity index (χ3v) is 5.10. The first-order valence-corrected chi connectivity index (χ1v) is 9.17. The molecule has 0 bridgehead atoms. The van der Waals surface area contributed by atoms with Crippen LogP contribution in [0.5, 0.6) is 5.75 Å². The van der Waals surface area contributed by atoms with Gasteiger partial charge < -0.3 is 9.47 Å². The average Bonchev–Trinajstić information content (AvgIpc) is 2.78. The third kappa shape index (κ3) is 4.42. The number of hydrogen-bond donors (Lipinski definition) is 0. The van der Waals surface area contributed by atoms with Gasteiger partial charge in [-0.1, -0.05) is 5.92 Å². The summed E-state index contributed by atoms with van der Waals surface area (Å²) in [7, 11) is 1.52. The van der Waals surface area contributed by atoms with Crippen LogP contribution in [-0.4, -0.2) is 42.9 Å². The summed E-state index contributed by atoms with van der Waals surface area (Å²) in [5.74, 6) is 2.66. The van der Waals surface area contributed by atoms with Gasteiger partial charge in [-0.2, -0.15) is 0 Å². The highest BCUT2D eigenvalue weighted by Crippen LogP contribution is 2.37. The number of hydrogen-bond acceptors (Lipinski definition) is 5. The van der Waals surface area contributed by atoms with E-state index >= 15 is 0 Å². The van der Waals surface area contributed by atoms with E-state index in [1.807, 2.05) is 0 Å². The molecule has 1 aliphatic rings. The number of rotatable bonds is 6. The average molecular weight is 475 g/mol. The van der Waals surface area contributed by atoms with Gasteiger partial charge in [0.25, 0.3) is 11.1 Å². The first-order valence-electron chi connectivity index (χ1n) is 6.77.